The highest BCUT2D eigenvalue weighted by atomic mass is 16.5. The summed E-state index contributed by atoms with van der Waals surface area (Å²) in [5.74, 6) is 5.47. The van der Waals surface area contributed by atoms with Crippen molar-refractivity contribution < 1.29 is 14.6 Å². The predicted octanol–water partition coefficient (Wildman–Crippen LogP) is 9.68. The molecule has 3 fully saturated rings. The van der Waals surface area contributed by atoms with Gasteiger partial charge < -0.3 is 9.84 Å². The molecule has 1 N–H and O–H groups in total. The molecular formula is C40H54O3. The summed E-state index contributed by atoms with van der Waals surface area (Å²) in [5, 5.41) is 10.3. The minimum atomic E-state index is -0.113. The van der Waals surface area contributed by atoms with Gasteiger partial charge in [-0.1, -0.05) is 94.7 Å². The van der Waals surface area contributed by atoms with Crippen LogP contribution in [0, 0.1) is 46.3 Å². The lowest BCUT2D eigenvalue weighted by Gasteiger charge is -2.58. The van der Waals surface area contributed by atoms with Gasteiger partial charge in [-0.3, -0.25) is 4.79 Å². The van der Waals surface area contributed by atoms with Gasteiger partial charge in [0.25, 0.3) is 0 Å². The van der Waals surface area contributed by atoms with E-state index in [1.54, 1.807) is 5.57 Å². The Bertz CT molecular complexity index is 1300. The van der Waals surface area contributed by atoms with Gasteiger partial charge in [0.1, 0.15) is 5.75 Å². The normalized spacial score (nSPS) is 34.7. The maximum absolute atomic E-state index is 12.8. The van der Waals surface area contributed by atoms with Crippen LogP contribution in [0.15, 0.2) is 66.2 Å². The van der Waals surface area contributed by atoms with Crippen LogP contribution in [0.2, 0.25) is 0 Å². The van der Waals surface area contributed by atoms with Crippen LogP contribution in [-0.2, 0) is 0 Å². The summed E-state index contributed by atoms with van der Waals surface area (Å²) in [5.41, 5.74) is 3.81. The second-order valence-corrected chi connectivity index (χ2v) is 15.4. The van der Waals surface area contributed by atoms with Gasteiger partial charge >= 0.3 is 0 Å². The third-order valence-corrected chi connectivity index (χ3v) is 12.9. The van der Waals surface area contributed by atoms with Crippen molar-refractivity contribution in [3.63, 3.8) is 0 Å². The fraction of sp³-hybridized carbons (Fsp3) is 0.625. The molecule has 0 saturated heterocycles. The molecule has 0 unspecified atom stereocenters. The van der Waals surface area contributed by atoms with Crippen molar-refractivity contribution >= 4 is 5.78 Å². The van der Waals surface area contributed by atoms with Crippen LogP contribution in [0.4, 0.5) is 0 Å². The van der Waals surface area contributed by atoms with E-state index in [9.17, 15) is 9.90 Å². The fourth-order valence-electron chi connectivity index (χ4n) is 10.4. The second-order valence-electron chi connectivity index (χ2n) is 15.4. The van der Waals surface area contributed by atoms with E-state index in [0.717, 1.165) is 48.2 Å². The van der Waals surface area contributed by atoms with Crippen LogP contribution < -0.4 is 4.74 Å². The van der Waals surface area contributed by atoms with Gasteiger partial charge in [-0.2, -0.15) is 0 Å². The third-order valence-electron chi connectivity index (χ3n) is 12.9. The molecule has 3 saturated carbocycles. The van der Waals surface area contributed by atoms with Gasteiger partial charge in [-0.05, 0) is 116 Å². The number of aliphatic hydroxyl groups is 1. The van der Waals surface area contributed by atoms with Crippen molar-refractivity contribution in [3.05, 3.63) is 77.4 Å². The first-order valence-corrected chi connectivity index (χ1v) is 17.4. The third kappa shape index (κ3) is 6.00. The van der Waals surface area contributed by atoms with Gasteiger partial charge in [0.15, 0.2) is 5.78 Å². The number of carbonyl (C=O) groups excluding carboxylic acids is 1. The zero-order valence-corrected chi connectivity index (χ0v) is 27.1. The Morgan fingerprint density at radius 1 is 0.930 bits per heavy atom. The molecule has 6 rings (SSSR count). The standard InChI is InChI=1S/C40H54O3/c1-27(26-43-33-15-9-14-30(24-33)38(42)29-12-6-5-7-13-29)10-8-11-28(2)35-18-19-36-34-17-16-31-25-32(41)20-22-39(31,3)37(34)21-23-40(35,36)4/h5-7,9,12-16,24,27-28,32,34-37,41H,8,10-11,17-23,25-26H2,1-4H3/t27-,28-,32+,34+,35-,36+,37+,39+,40-/m1/s1. The molecule has 3 nitrogen and oxygen atoms in total. The molecule has 43 heavy (non-hydrogen) atoms. The average Bonchev–Trinajstić information content (AvgIpc) is 3.38. The molecule has 0 heterocycles. The first-order valence-electron chi connectivity index (χ1n) is 17.4. The number of hydrogen-bond acceptors (Lipinski definition) is 3. The topological polar surface area (TPSA) is 46.5 Å². The van der Waals surface area contributed by atoms with Crippen molar-refractivity contribution in [2.45, 2.75) is 104 Å². The van der Waals surface area contributed by atoms with Gasteiger partial charge in [-0.25, -0.2) is 0 Å². The largest absolute Gasteiger partial charge is 0.493 e. The summed E-state index contributed by atoms with van der Waals surface area (Å²) < 4.78 is 6.17. The lowest BCUT2D eigenvalue weighted by molar-refractivity contribution is -0.0573. The van der Waals surface area contributed by atoms with E-state index in [1.165, 1.54) is 57.8 Å². The molecule has 0 bridgehead atoms. The predicted molar refractivity (Wildman–Crippen MR) is 175 cm³/mol. The number of fused-ring (bicyclic) bond motifs is 5. The summed E-state index contributed by atoms with van der Waals surface area (Å²) >= 11 is 0. The highest BCUT2D eigenvalue weighted by Gasteiger charge is 2.59. The Kier molecular flexibility index (Phi) is 8.93. The minimum Gasteiger partial charge on any atom is -0.493 e. The molecule has 2 aromatic carbocycles. The maximum Gasteiger partial charge on any atom is 0.193 e. The highest BCUT2D eigenvalue weighted by molar-refractivity contribution is 6.09. The van der Waals surface area contributed by atoms with Crippen LogP contribution in [-0.4, -0.2) is 23.6 Å². The summed E-state index contributed by atoms with van der Waals surface area (Å²) in [6, 6.07) is 17.1. The summed E-state index contributed by atoms with van der Waals surface area (Å²) in [6.45, 7) is 10.7. The molecule has 0 spiro atoms. The Balaban J connectivity index is 0.987. The Hall–Kier alpha value is -2.39. The molecule has 4 aliphatic rings. The molecule has 9 atom stereocenters. The highest BCUT2D eigenvalue weighted by Crippen LogP contribution is 2.67. The van der Waals surface area contributed by atoms with Crippen molar-refractivity contribution in [2.75, 3.05) is 6.61 Å². The minimum absolute atomic E-state index is 0.0390. The van der Waals surface area contributed by atoms with E-state index in [-0.39, 0.29) is 11.9 Å². The van der Waals surface area contributed by atoms with E-state index in [0.29, 0.717) is 34.5 Å². The fourth-order valence-corrected chi connectivity index (χ4v) is 10.4. The van der Waals surface area contributed by atoms with Crippen molar-refractivity contribution in [3.8, 4) is 5.75 Å². The SMILES string of the molecule is C[C@H](CCC[C@@H](C)[C@H]1CC[C@H]2[C@@H]3CC=C4C[C@@H](O)CC[C@]4(C)[C@H]3CC[C@]12C)COc1cccc(C(=O)c2ccccc2)c1. The molecule has 0 amide bonds. The Morgan fingerprint density at radius 3 is 2.53 bits per heavy atom. The van der Waals surface area contributed by atoms with Gasteiger partial charge in [0, 0.05) is 11.1 Å². The molecular weight excluding hydrogens is 528 g/mol. The van der Waals surface area contributed by atoms with E-state index in [4.69, 9.17) is 4.74 Å². The molecule has 0 aliphatic heterocycles. The quantitative estimate of drug-likeness (QED) is 0.224. The first kappa shape index (κ1) is 30.6. The maximum atomic E-state index is 12.8. The van der Waals surface area contributed by atoms with E-state index in [1.807, 2.05) is 54.6 Å². The second kappa shape index (κ2) is 12.5. The molecule has 232 valence electrons. The zero-order valence-electron chi connectivity index (χ0n) is 27.1. The van der Waals surface area contributed by atoms with E-state index < -0.39 is 0 Å². The Labute approximate surface area is 260 Å². The number of rotatable bonds is 10. The summed E-state index contributed by atoms with van der Waals surface area (Å²) in [4.78, 5) is 12.8. The van der Waals surface area contributed by atoms with Gasteiger partial charge in [0.2, 0.25) is 0 Å². The van der Waals surface area contributed by atoms with Crippen molar-refractivity contribution in [1.29, 1.82) is 0 Å². The molecule has 3 heteroatoms. The van der Waals surface area contributed by atoms with E-state index in [2.05, 4.69) is 33.8 Å². The van der Waals surface area contributed by atoms with Crippen LogP contribution in [0.1, 0.15) is 114 Å². The molecule has 2 aromatic rings. The van der Waals surface area contributed by atoms with Crippen LogP contribution in [0.5, 0.6) is 5.75 Å². The molecule has 4 aliphatic carbocycles. The molecule has 0 aromatic heterocycles. The van der Waals surface area contributed by atoms with Crippen molar-refractivity contribution in [2.24, 2.45) is 46.3 Å². The Morgan fingerprint density at radius 2 is 1.72 bits per heavy atom. The van der Waals surface area contributed by atoms with Crippen LogP contribution in [0.25, 0.3) is 0 Å². The number of aliphatic hydroxyl groups excluding tert-OH is 1. The average molecular weight is 583 g/mol. The van der Waals surface area contributed by atoms with Gasteiger partial charge in [0.05, 0.1) is 12.7 Å². The lowest BCUT2D eigenvalue weighted by Crippen LogP contribution is -2.50. The van der Waals surface area contributed by atoms with Gasteiger partial charge in [-0.15, -0.1) is 0 Å². The lowest BCUT2D eigenvalue weighted by atomic mass is 9.47. The number of ether oxygens (including phenoxy) is 1. The number of carbonyl (C=O) groups is 1. The number of allylic oxidation sites excluding steroid dienone is 1. The smallest absolute Gasteiger partial charge is 0.193 e. The zero-order chi connectivity index (χ0) is 30.2. The monoisotopic (exact) mass is 582 g/mol. The summed E-state index contributed by atoms with van der Waals surface area (Å²) in [7, 11) is 0. The van der Waals surface area contributed by atoms with Crippen LogP contribution >= 0.6 is 0 Å². The summed E-state index contributed by atoms with van der Waals surface area (Å²) in [6.07, 6.45) is 16.2. The number of hydrogen-bond donors (Lipinski definition) is 1. The van der Waals surface area contributed by atoms with Crippen LogP contribution in [0.3, 0.4) is 0 Å². The number of benzene rings is 2. The number of ketones is 1. The molecule has 0 radical (unpaired) electrons. The van der Waals surface area contributed by atoms with Crippen molar-refractivity contribution in [1.82, 2.24) is 0 Å². The van der Waals surface area contributed by atoms with E-state index >= 15 is 0 Å². The first-order chi connectivity index (χ1) is 20.7.